The van der Waals surface area contributed by atoms with E-state index in [0.29, 0.717) is 18.1 Å². The fraction of sp³-hybridized carbons (Fsp3) is 0.357. The number of carbonyl (C=O) groups excluding carboxylic acids is 1. The second-order valence-corrected chi connectivity index (χ2v) is 5.43. The van der Waals surface area contributed by atoms with E-state index in [1.807, 2.05) is 23.8 Å². The summed E-state index contributed by atoms with van der Waals surface area (Å²) < 4.78 is 2.86. The van der Waals surface area contributed by atoms with E-state index in [1.54, 1.807) is 12.3 Å². The highest BCUT2D eigenvalue weighted by Crippen LogP contribution is 2.15. The molecule has 2 rings (SSSR count). The first-order valence-electron chi connectivity index (χ1n) is 6.52. The number of halogens is 1. The van der Waals surface area contributed by atoms with Crippen molar-refractivity contribution in [3.63, 3.8) is 0 Å². The third-order valence-electron chi connectivity index (χ3n) is 2.82. The van der Waals surface area contributed by atoms with Crippen LogP contribution in [0.1, 0.15) is 35.4 Å². The number of nitrogens with zero attached hydrogens (tertiary/aromatic N) is 3. The average molecular weight is 337 g/mol. The van der Waals surface area contributed by atoms with Gasteiger partial charge in [0.15, 0.2) is 0 Å². The van der Waals surface area contributed by atoms with E-state index < -0.39 is 0 Å². The fourth-order valence-corrected chi connectivity index (χ4v) is 2.42. The molecule has 0 aromatic carbocycles. The Morgan fingerprint density at radius 1 is 1.50 bits per heavy atom. The van der Waals surface area contributed by atoms with Crippen LogP contribution in [0.5, 0.6) is 0 Å². The summed E-state index contributed by atoms with van der Waals surface area (Å²) in [4.78, 5) is 20.5. The molecule has 1 amide bonds. The Morgan fingerprint density at radius 2 is 2.30 bits per heavy atom. The Labute approximate surface area is 126 Å². The summed E-state index contributed by atoms with van der Waals surface area (Å²) >= 11 is 3.41. The first-order chi connectivity index (χ1) is 9.60. The first kappa shape index (κ1) is 14.7. The van der Waals surface area contributed by atoms with E-state index in [4.69, 9.17) is 0 Å². The van der Waals surface area contributed by atoms with Crippen molar-refractivity contribution >= 4 is 21.8 Å². The highest BCUT2D eigenvalue weighted by atomic mass is 79.9. The minimum Gasteiger partial charge on any atom is -0.345 e. The second-order valence-electron chi connectivity index (χ2n) is 4.51. The van der Waals surface area contributed by atoms with Gasteiger partial charge in [0.1, 0.15) is 11.5 Å². The average Bonchev–Trinajstić information content (AvgIpc) is 2.78. The second kappa shape index (κ2) is 6.65. The summed E-state index contributed by atoms with van der Waals surface area (Å²) in [5, 5.41) is 2.88. The molecule has 2 heterocycles. The molecular formula is C14H17BrN4O. The number of nitrogens with one attached hydrogen (secondary N) is 1. The highest BCUT2D eigenvalue weighted by molar-refractivity contribution is 9.10. The van der Waals surface area contributed by atoms with Crippen LogP contribution in [0, 0.1) is 6.92 Å². The first-order valence-corrected chi connectivity index (χ1v) is 7.32. The summed E-state index contributed by atoms with van der Waals surface area (Å²) in [5.41, 5.74) is 1.46. The van der Waals surface area contributed by atoms with Gasteiger partial charge in [-0.3, -0.25) is 4.79 Å². The summed E-state index contributed by atoms with van der Waals surface area (Å²) in [6.45, 7) is 5.13. The molecule has 106 valence electrons. The van der Waals surface area contributed by atoms with Crippen molar-refractivity contribution in [2.45, 2.75) is 33.4 Å². The van der Waals surface area contributed by atoms with Crippen molar-refractivity contribution in [3.8, 4) is 0 Å². The molecule has 0 aliphatic rings. The van der Waals surface area contributed by atoms with Gasteiger partial charge in [-0.25, -0.2) is 9.97 Å². The van der Waals surface area contributed by atoms with Crippen molar-refractivity contribution in [2.75, 3.05) is 0 Å². The van der Waals surface area contributed by atoms with E-state index in [2.05, 4.69) is 38.1 Å². The molecule has 0 aliphatic carbocycles. The van der Waals surface area contributed by atoms with Gasteiger partial charge >= 0.3 is 0 Å². The predicted molar refractivity (Wildman–Crippen MR) is 80.4 cm³/mol. The molecule has 0 atom stereocenters. The van der Waals surface area contributed by atoms with Crippen LogP contribution in [0.2, 0.25) is 0 Å². The fourth-order valence-electron chi connectivity index (χ4n) is 1.96. The van der Waals surface area contributed by atoms with Crippen LogP contribution in [0.25, 0.3) is 0 Å². The van der Waals surface area contributed by atoms with E-state index in [0.717, 1.165) is 23.1 Å². The van der Waals surface area contributed by atoms with Gasteiger partial charge in [0.2, 0.25) is 0 Å². The molecular weight excluding hydrogens is 320 g/mol. The van der Waals surface area contributed by atoms with Crippen molar-refractivity contribution in [1.29, 1.82) is 0 Å². The van der Waals surface area contributed by atoms with Gasteiger partial charge in [-0.05, 0) is 41.4 Å². The third-order valence-corrected chi connectivity index (χ3v) is 3.26. The Kier molecular flexibility index (Phi) is 4.89. The topological polar surface area (TPSA) is 59.8 Å². The standard InChI is InChI=1S/C14H17BrN4O/c1-3-6-19-9-11(15)7-13(19)14(20)17-8-12-4-5-16-10(2)18-12/h4-5,7,9H,3,6,8H2,1-2H3,(H,17,20). The lowest BCUT2D eigenvalue weighted by Crippen LogP contribution is -2.26. The molecule has 0 spiro atoms. The largest absolute Gasteiger partial charge is 0.345 e. The lowest BCUT2D eigenvalue weighted by molar-refractivity contribution is 0.0941. The molecule has 6 heteroatoms. The number of hydrogen-bond donors (Lipinski definition) is 1. The van der Waals surface area contributed by atoms with Crippen LogP contribution in [-0.2, 0) is 13.1 Å². The number of amides is 1. The zero-order valence-electron chi connectivity index (χ0n) is 11.6. The number of hydrogen-bond acceptors (Lipinski definition) is 3. The van der Waals surface area contributed by atoms with E-state index in [9.17, 15) is 4.79 Å². The van der Waals surface area contributed by atoms with Gasteiger partial charge < -0.3 is 9.88 Å². The monoisotopic (exact) mass is 336 g/mol. The molecule has 20 heavy (non-hydrogen) atoms. The van der Waals surface area contributed by atoms with Crippen LogP contribution in [0.15, 0.2) is 29.0 Å². The summed E-state index contributed by atoms with van der Waals surface area (Å²) in [6.07, 6.45) is 4.60. The molecule has 5 nitrogen and oxygen atoms in total. The van der Waals surface area contributed by atoms with Gasteiger partial charge in [-0.1, -0.05) is 6.92 Å². The SMILES string of the molecule is CCCn1cc(Br)cc1C(=O)NCc1ccnc(C)n1. The molecule has 0 unspecified atom stereocenters. The van der Waals surface area contributed by atoms with Gasteiger partial charge in [-0.2, -0.15) is 0 Å². The molecule has 0 saturated heterocycles. The van der Waals surface area contributed by atoms with E-state index >= 15 is 0 Å². The lowest BCUT2D eigenvalue weighted by atomic mass is 10.3. The molecule has 2 aromatic rings. The quantitative estimate of drug-likeness (QED) is 0.913. The van der Waals surface area contributed by atoms with Crippen molar-refractivity contribution < 1.29 is 4.79 Å². The number of rotatable bonds is 5. The van der Waals surface area contributed by atoms with Crippen LogP contribution in [0.3, 0.4) is 0 Å². The van der Waals surface area contributed by atoms with Gasteiger partial charge in [0.05, 0.1) is 12.2 Å². The minimum absolute atomic E-state index is 0.0968. The van der Waals surface area contributed by atoms with Crippen molar-refractivity contribution in [2.24, 2.45) is 0 Å². The maximum Gasteiger partial charge on any atom is 0.268 e. The zero-order chi connectivity index (χ0) is 14.5. The normalized spacial score (nSPS) is 10.6. The maximum absolute atomic E-state index is 12.2. The highest BCUT2D eigenvalue weighted by Gasteiger charge is 2.12. The molecule has 0 bridgehead atoms. The number of aromatic nitrogens is 3. The van der Waals surface area contributed by atoms with Crippen LogP contribution in [0.4, 0.5) is 0 Å². The number of carbonyl (C=O) groups is 1. The Morgan fingerprint density at radius 3 is 3.00 bits per heavy atom. The Bertz CT molecular complexity index is 609. The predicted octanol–water partition coefficient (Wildman–Crippen LogP) is 2.69. The molecule has 0 saturated carbocycles. The van der Waals surface area contributed by atoms with Gasteiger partial charge in [-0.15, -0.1) is 0 Å². The number of aryl methyl sites for hydroxylation is 2. The van der Waals surface area contributed by atoms with Crippen LogP contribution < -0.4 is 5.32 Å². The lowest BCUT2D eigenvalue weighted by Gasteiger charge is -2.08. The molecule has 0 radical (unpaired) electrons. The molecule has 2 aromatic heterocycles. The van der Waals surface area contributed by atoms with E-state index in [1.165, 1.54) is 0 Å². The minimum atomic E-state index is -0.0968. The van der Waals surface area contributed by atoms with Crippen molar-refractivity contribution in [3.05, 3.63) is 46.2 Å². The summed E-state index contributed by atoms with van der Waals surface area (Å²) in [5.74, 6) is 0.606. The van der Waals surface area contributed by atoms with Crippen LogP contribution >= 0.6 is 15.9 Å². The summed E-state index contributed by atoms with van der Waals surface area (Å²) in [7, 11) is 0. The Hall–Kier alpha value is -1.69. The van der Waals surface area contributed by atoms with Gasteiger partial charge in [0, 0.05) is 23.4 Å². The molecule has 0 fully saturated rings. The molecule has 1 N–H and O–H groups in total. The van der Waals surface area contributed by atoms with Crippen LogP contribution in [-0.4, -0.2) is 20.4 Å². The maximum atomic E-state index is 12.2. The zero-order valence-corrected chi connectivity index (χ0v) is 13.1. The van der Waals surface area contributed by atoms with E-state index in [-0.39, 0.29) is 5.91 Å². The third kappa shape index (κ3) is 3.66. The van der Waals surface area contributed by atoms with Gasteiger partial charge in [0.25, 0.3) is 5.91 Å². The summed E-state index contributed by atoms with van der Waals surface area (Å²) in [6, 6.07) is 3.63. The molecule has 0 aliphatic heterocycles. The Balaban J connectivity index is 2.05. The van der Waals surface area contributed by atoms with Crippen molar-refractivity contribution in [1.82, 2.24) is 19.9 Å². The smallest absolute Gasteiger partial charge is 0.268 e.